The molecule has 0 aliphatic carbocycles. The second-order valence-electron chi connectivity index (χ2n) is 16.1. The molecule has 0 amide bonds. The molecule has 364 valence electrons. The molecule has 2 aromatic heterocycles. The predicted molar refractivity (Wildman–Crippen MR) is 234 cm³/mol. The summed E-state index contributed by atoms with van der Waals surface area (Å²) >= 11 is 0. The van der Waals surface area contributed by atoms with Crippen molar-refractivity contribution < 1.29 is 62.7 Å². The molecule has 0 unspecified atom stereocenters. The summed E-state index contributed by atoms with van der Waals surface area (Å²) in [6.07, 6.45) is 48.9. The number of hydrogen-bond donors (Lipinski definition) is 0. The van der Waals surface area contributed by atoms with E-state index in [0.717, 1.165) is 12.8 Å². The molecule has 0 radical (unpaired) electrons. The number of carbonyl (C=O) groups is 2. The van der Waals surface area contributed by atoms with Crippen LogP contribution in [0.25, 0.3) is 0 Å². The maximum atomic E-state index is 11.7. The van der Waals surface area contributed by atoms with Crippen LogP contribution in [0.4, 0.5) is 34.5 Å². The number of hydrogen-bond acceptors (Lipinski definition) is 4. The Morgan fingerprint density at radius 3 is 0.823 bits per heavy atom. The highest BCUT2D eigenvalue weighted by molar-refractivity contribution is 6.50. The first-order valence-electron chi connectivity index (χ1n) is 23.5. The van der Waals surface area contributed by atoms with Gasteiger partial charge in [0, 0.05) is 0 Å². The zero-order valence-corrected chi connectivity index (χ0v) is 38.7. The van der Waals surface area contributed by atoms with Gasteiger partial charge in [-0.1, -0.05) is 181 Å². The molecular weight excluding hydrogens is 822 g/mol. The average Bonchev–Trinajstić information content (AvgIpc) is 3.79. The first-order valence-corrected chi connectivity index (χ1v) is 23.5. The third-order valence-corrected chi connectivity index (χ3v) is 9.79. The Balaban J connectivity index is 0. The number of aryl methyl sites for hydroxylation is 2. The Labute approximate surface area is 369 Å². The van der Waals surface area contributed by atoms with Crippen LogP contribution in [0.3, 0.4) is 0 Å². The lowest BCUT2D eigenvalue weighted by atomic mass is 10.0. The summed E-state index contributed by atoms with van der Waals surface area (Å²) < 4.78 is 96.1. The van der Waals surface area contributed by atoms with E-state index in [0.29, 0.717) is 26.3 Å². The molecule has 18 heteroatoms. The van der Waals surface area contributed by atoms with Crippen LogP contribution in [0.15, 0.2) is 37.4 Å². The second-order valence-corrected chi connectivity index (χ2v) is 16.1. The summed E-state index contributed by atoms with van der Waals surface area (Å²) in [4.78, 5) is 23.4. The zero-order chi connectivity index (χ0) is 46.7. The SMILES string of the molecule is CCCCCCCCCCCCCCCCOC(=O)Cn1cc[n+](C)c1.CCCCCCCCCCCCCCCCOC(=O)Cn1cc[n+](C)c1.F[B-](F)(F)F.F[B-](F)(F)F. The molecule has 0 N–H and O–H groups in total. The fraction of sp³-hybridized carbons (Fsp3) is 0.818. The van der Waals surface area contributed by atoms with Gasteiger partial charge in [-0.05, 0) is 12.8 Å². The minimum atomic E-state index is -6.00. The molecule has 0 aromatic carbocycles. The molecule has 0 aliphatic heterocycles. The van der Waals surface area contributed by atoms with Crippen LogP contribution in [0.5, 0.6) is 0 Å². The van der Waals surface area contributed by atoms with E-state index in [1.54, 1.807) is 0 Å². The van der Waals surface area contributed by atoms with E-state index in [4.69, 9.17) is 9.47 Å². The number of aromatic nitrogens is 4. The van der Waals surface area contributed by atoms with Gasteiger partial charge in [0.1, 0.15) is 24.8 Å². The molecule has 0 spiro atoms. The van der Waals surface area contributed by atoms with Crippen molar-refractivity contribution in [2.45, 2.75) is 207 Å². The standard InChI is InChI=1S/2C22H41N2O2.2BF4/c2*1-3-4-5-6-7-8-9-10-11-12-13-14-15-16-19-26-22(25)20-24-18-17-23(2)21-24;2*2-1(3,4)5/h2*17-18,21H,3-16,19-20H2,1-2H3;;/q2*+1;2*-1. The average molecular weight is 905 g/mol. The van der Waals surface area contributed by atoms with Gasteiger partial charge in [0.2, 0.25) is 12.7 Å². The Hall–Kier alpha value is -3.07. The molecule has 0 bridgehead atoms. The van der Waals surface area contributed by atoms with E-state index in [-0.39, 0.29) is 11.9 Å². The van der Waals surface area contributed by atoms with Crippen LogP contribution in [0.2, 0.25) is 0 Å². The van der Waals surface area contributed by atoms with Crippen LogP contribution in [-0.4, -0.2) is 48.8 Å². The molecule has 0 saturated carbocycles. The summed E-state index contributed by atoms with van der Waals surface area (Å²) in [5, 5.41) is 0. The van der Waals surface area contributed by atoms with Crippen LogP contribution >= 0.6 is 0 Å². The molecule has 2 aromatic rings. The molecule has 8 nitrogen and oxygen atoms in total. The number of carbonyl (C=O) groups excluding carboxylic acids is 2. The zero-order valence-electron chi connectivity index (χ0n) is 38.7. The third-order valence-electron chi connectivity index (χ3n) is 9.79. The van der Waals surface area contributed by atoms with Crippen molar-refractivity contribution in [3.63, 3.8) is 0 Å². The van der Waals surface area contributed by atoms with Gasteiger partial charge < -0.3 is 44.0 Å². The number of halogens is 8. The molecule has 2 heterocycles. The van der Waals surface area contributed by atoms with Gasteiger partial charge in [-0.3, -0.25) is 0 Å². The summed E-state index contributed by atoms with van der Waals surface area (Å²) in [6.45, 7) is 6.28. The van der Waals surface area contributed by atoms with E-state index in [2.05, 4.69) is 13.8 Å². The smallest absolute Gasteiger partial charge is 0.463 e. The number of unbranched alkanes of at least 4 members (excludes halogenated alkanes) is 26. The summed E-state index contributed by atoms with van der Waals surface area (Å²) in [5.74, 6) is -0.285. The highest BCUT2D eigenvalue weighted by Gasteiger charge is 2.21. The number of ether oxygens (including phenoxy) is 2. The van der Waals surface area contributed by atoms with Crippen molar-refractivity contribution in [3.8, 4) is 0 Å². The minimum Gasteiger partial charge on any atom is -0.463 e. The predicted octanol–water partition coefficient (Wildman–Crippen LogP) is 13.3. The first-order chi connectivity index (χ1) is 29.4. The van der Waals surface area contributed by atoms with E-state index in [1.165, 1.54) is 167 Å². The van der Waals surface area contributed by atoms with Gasteiger partial charge in [-0.25, -0.2) is 27.9 Å². The Bertz CT molecular complexity index is 1190. The summed E-state index contributed by atoms with van der Waals surface area (Å²) in [7, 11) is -8.12. The fourth-order valence-electron chi connectivity index (χ4n) is 6.55. The quantitative estimate of drug-likeness (QED) is 0.0231. The Morgan fingerprint density at radius 2 is 0.629 bits per heavy atom. The first kappa shape index (κ1) is 61.0. The lowest BCUT2D eigenvalue weighted by Crippen LogP contribution is -2.24. The number of rotatable bonds is 34. The van der Waals surface area contributed by atoms with Crippen LogP contribution in [0, 0.1) is 0 Å². The fourth-order valence-corrected chi connectivity index (χ4v) is 6.55. The van der Waals surface area contributed by atoms with Crippen molar-refractivity contribution in [3.05, 3.63) is 37.4 Å². The molecule has 0 fully saturated rings. The highest BCUT2D eigenvalue weighted by Crippen LogP contribution is 2.15. The van der Waals surface area contributed by atoms with Crippen LogP contribution < -0.4 is 9.13 Å². The molecule has 62 heavy (non-hydrogen) atoms. The van der Waals surface area contributed by atoms with Gasteiger partial charge in [0.25, 0.3) is 0 Å². The lowest BCUT2D eigenvalue weighted by molar-refractivity contribution is -0.671. The summed E-state index contributed by atoms with van der Waals surface area (Å²) in [6, 6.07) is 0. The van der Waals surface area contributed by atoms with E-state index in [9.17, 15) is 44.1 Å². The van der Waals surface area contributed by atoms with Crippen molar-refractivity contribution in [1.82, 2.24) is 9.13 Å². The van der Waals surface area contributed by atoms with E-state index < -0.39 is 14.5 Å². The van der Waals surface area contributed by atoms with Crippen molar-refractivity contribution >= 4 is 26.4 Å². The molecular formula is C44H82B2F8N4O4. The van der Waals surface area contributed by atoms with Crippen molar-refractivity contribution in [2.24, 2.45) is 14.1 Å². The third kappa shape index (κ3) is 54.9. The number of imidazole rings is 2. The molecule has 2 rings (SSSR count). The van der Waals surface area contributed by atoms with Gasteiger partial charge >= 0.3 is 26.4 Å². The van der Waals surface area contributed by atoms with Crippen LogP contribution in [-0.2, 0) is 46.2 Å². The van der Waals surface area contributed by atoms with E-state index >= 15 is 0 Å². The second kappa shape index (κ2) is 41.9. The number of esters is 2. The van der Waals surface area contributed by atoms with Gasteiger partial charge in [-0.15, -0.1) is 0 Å². The Morgan fingerprint density at radius 1 is 0.419 bits per heavy atom. The van der Waals surface area contributed by atoms with Crippen molar-refractivity contribution in [2.75, 3.05) is 13.2 Å². The van der Waals surface area contributed by atoms with Gasteiger partial charge in [-0.2, -0.15) is 0 Å². The largest absolute Gasteiger partial charge is 0.673 e. The normalized spacial score (nSPS) is 11.2. The van der Waals surface area contributed by atoms with E-state index in [1.807, 2.05) is 69.8 Å². The Kier molecular flexibility index (Phi) is 41.2. The summed E-state index contributed by atoms with van der Waals surface area (Å²) in [5.41, 5.74) is 0. The molecule has 0 atom stereocenters. The maximum absolute atomic E-state index is 11.7. The maximum Gasteiger partial charge on any atom is 0.673 e. The van der Waals surface area contributed by atoms with Crippen molar-refractivity contribution in [1.29, 1.82) is 0 Å². The lowest BCUT2D eigenvalue weighted by Gasteiger charge is -2.04. The number of nitrogens with zero attached hydrogens (tertiary/aromatic N) is 4. The topological polar surface area (TPSA) is 70.2 Å². The molecule has 0 aliphatic rings. The molecule has 0 saturated heterocycles. The van der Waals surface area contributed by atoms with Gasteiger partial charge in [0.15, 0.2) is 13.1 Å². The monoisotopic (exact) mass is 905 g/mol. The highest BCUT2D eigenvalue weighted by atomic mass is 19.5. The minimum absolute atomic E-state index is 0.143. The van der Waals surface area contributed by atoms with Crippen LogP contribution in [0.1, 0.15) is 194 Å². The van der Waals surface area contributed by atoms with Gasteiger partial charge in [0.05, 0.1) is 27.3 Å².